The number of carbonyl (C=O) groups excluding carboxylic acids is 1. The Morgan fingerprint density at radius 2 is 2.10 bits per heavy atom. The van der Waals surface area contributed by atoms with Gasteiger partial charge < -0.3 is 14.0 Å². The maximum absolute atomic E-state index is 11.7. The number of para-hydroxylation sites is 1. The highest BCUT2D eigenvalue weighted by molar-refractivity contribution is 6.76. The zero-order valence-electron chi connectivity index (χ0n) is 13.0. The smallest absolute Gasteiger partial charge is 0.340 e. The number of esters is 1. The first-order chi connectivity index (χ1) is 9.92. The van der Waals surface area contributed by atoms with E-state index in [0.717, 1.165) is 18.2 Å². The lowest BCUT2D eigenvalue weighted by molar-refractivity contribution is 0.0602. The maximum Gasteiger partial charge on any atom is 0.340 e. The van der Waals surface area contributed by atoms with Crippen molar-refractivity contribution in [3.63, 3.8) is 0 Å². The second-order valence-electron chi connectivity index (χ2n) is 6.23. The number of carbonyl (C=O) groups is 1. The lowest BCUT2D eigenvalue weighted by atomic mass is 10.2. The number of imidazole rings is 1. The second-order valence-corrected chi connectivity index (χ2v) is 11.8. The minimum atomic E-state index is -1.07. The lowest BCUT2D eigenvalue weighted by Gasteiger charge is -2.15. The van der Waals surface area contributed by atoms with Gasteiger partial charge in [-0.2, -0.15) is 0 Å². The van der Waals surface area contributed by atoms with Crippen molar-refractivity contribution < 1.29 is 14.3 Å². The molecule has 0 N–H and O–H groups in total. The Kier molecular flexibility index (Phi) is 4.79. The zero-order chi connectivity index (χ0) is 15.5. The third-order valence-electron chi connectivity index (χ3n) is 3.28. The molecule has 0 bridgehead atoms. The van der Waals surface area contributed by atoms with E-state index < -0.39 is 8.07 Å². The van der Waals surface area contributed by atoms with Crippen LogP contribution in [0.4, 0.5) is 0 Å². The Morgan fingerprint density at radius 1 is 1.33 bits per heavy atom. The van der Waals surface area contributed by atoms with Crippen LogP contribution in [0.1, 0.15) is 10.4 Å². The first-order valence-corrected chi connectivity index (χ1v) is 10.7. The molecule has 21 heavy (non-hydrogen) atoms. The van der Waals surface area contributed by atoms with Gasteiger partial charge in [0.25, 0.3) is 0 Å². The van der Waals surface area contributed by atoms with Crippen LogP contribution in [0.5, 0.6) is 0 Å². The maximum atomic E-state index is 11.7. The van der Waals surface area contributed by atoms with Crippen molar-refractivity contribution in [1.82, 2.24) is 9.55 Å². The number of benzene rings is 1. The molecule has 2 rings (SSSR count). The monoisotopic (exact) mass is 306 g/mol. The second kappa shape index (κ2) is 6.40. The Bertz CT molecular complexity index is 631. The quantitative estimate of drug-likeness (QED) is 0.467. The Labute approximate surface area is 125 Å². The van der Waals surface area contributed by atoms with E-state index in [9.17, 15) is 4.79 Å². The lowest BCUT2D eigenvalue weighted by Crippen LogP contribution is -2.21. The predicted octanol–water partition coefficient (Wildman–Crippen LogP) is 3.14. The van der Waals surface area contributed by atoms with Crippen LogP contribution in [-0.2, 0) is 16.2 Å². The molecule has 0 saturated carbocycles. The van der Waals surface area contributed by atoms with Crippen LogP contribution in [0.3, 0.4) is 0 Å². The molecule has 5 nitrogen and oxygen atoms in total. The fourth-order valence-electron chi connectivity index (χ4n) is 2.01. The molecule has 0 aliphatic heterocycles. The molecule has 0 saturated heterocycles. The van der Waals surface area contributed by atoms with Gasteiger partial charge in [-0.15, -0.1) is 0 Å². The molecule has 0 aliphatic rings. The minimum absolute atomic E-state index is 0.370. The highest BCUT2D eigenvalue weighted by atomic mass is 28.3. The van der Waals surface area contributed by atoms with Gasteiger partial charge in [0.2, 0.25) is 0 Å². The van der Waals surface area contributed by atoms with Crippen molar-refractivity contribution in [1.29, 1.82) is 0 Å². The summed E-state index contributed by atoms with van der Waals surface area (Å²) in [4.78, 5) is 16.0. The van der Waals surface area contributed by atoms with E-state index in [1.807, 2.05) is 16.7 Å². The van der Waals surface area contributed by atoms with E-state index in [1.54, 1.807) is 12.4 Å². The SMILES string of the molecule is COC(=O)c1cccc2c1ncn2COCC[Si](C)(C)C. The number of aromatic nitrogens is 2. The third kappa shape index (κ3) is 3.92. The number of rotatable bonds is 6. The van der Waals surface area contributed by atoms with Crippen LogP contribution in [0.15, 0.2) is 24.5 Å². The fraction of sp³-hybridized carbons (Fsp3) is 0.467. The summed E-state index contributed by atoms with van der Waals surface area (Å²) in [5, 5.41) is 0. The predicted molar refractivity (Wildman–Crippen MR) is 85.2 cm³/mol. The van der Waals surface area contributed by atoms with Crippen molar-refractivity contribution in [2.24, 2.45) is 0 Å². The Morgan fingerprint density at radius 3 is 2.76 bits per heavy atom. The molecule has 0 amide bonds. The summed E-state index contributed by atoms with van der Waals surface area (Å²) >= 11 is 0. The normalized spacial score (nSPS) is 11.8. The number of hydrogen-bond acceptors (Lipinski definition) is 4. The summed E-state index contributed by atoms with van der Waals surface area (Å²) in [7, 11) is 0.300. The molecule has 0 spiro atoms. The molecule has 6 heteroatoms. The molecular weight excluding hydrogens is 284 g/mol. The number of hydrogen-bond donors (Lipinski definition) is 0. The molecule has 0 unspecified atom stereocenters. The van der Waals surface area contributed by atoms with E-state index in [1.165, 1.54) is 7.11 Å². The summed E-state index contributed by atoms with van der Waals surface area (Å²) in [5.41, 5.74) is 2.01. The summed E-state index contributed by atoms with van der Waals surface area (Å²) < 4.78 is 12.4. The van der Waals surface area contributed by atoms with E-state index >= 15 is 0 Å². The Hall–Kier alpha value is -1.66. The molecular formula is C15H22N2O3Si. The molecule has 2 aromatic rings. The topological polar surface area (TPSA) is 53.3 Å². The summed E-state index contributed by atoms with van der Waals surface area (Å²) in [6, 6.07) is 6.61. The Balaban J connectivity index is 2.10. The van der Waals surface area contributed by atoms with Crippen LogP contribution in [0.25, 0.3) is 11.0 Å². The van der Waals surface area contributed by atoms with Gasteiger partial charge >= 0.3 is 5.97 Å². The number of ether oxygens (including phenoxy) is 2. The molecule has 0 fully saturated rings. The van der Waals surface area contributed by atoms with Crippen molar-refractivity contribution >= 4 is 25.1 Å². The molecule has 0 atom stereocenters. The minimum Gasteiger partial charge on any atom is -0.465 e. The van der Waals surface area contributed by atoms with E-state index in [0.29, 0.717) is 17.8 Å². The van der Waals surface area contributed by atoms with E-state index in [2.05, 4.69) is 24.6 Å². The van der Waals surface area contributed by atoms with Gasteiger partial charge in [-0.3, -0.25) is 0 Å². The van der Waals surface area contributed by atoms with Crippen LogP contribution in [-0.4, -0.2) is 37.3 Å². The first-order valence-electron chi connectivity index (χ1n) is 7.02. The molecule has 0 radical (unpaired) electrons. The molecule has 1 heterocycles. The van der Waals surface area contributed by atoms with Gasteiger partial charge in [0.15, 0.2) is 0 Å². The van der Waals surface area contributed by atoms with Gasteiger partial charge in [-0.1, -0.05) is 25.7 Å². The van der Waals surface area contributed by atoms with Gasteiger partial charge in [0.1, 0.15) is 12.2 Å². The van der Waals surface area contributed by atoms with Gasteiger partial charge in [0, 0.05) is 14.7 Å². The zero-order valence-corrected chi connectivity index (χ0v) is 14.0. The van der Waals surface area contributed by atoms with Gasteiger partial charge in [-0.05, 0) is 18.2 Å². The molecule has 1 aromatic carbocycles. The largest absolute Gasteiger partial charge is 0.465 e. The highest BCUT2D eigenvalue weighted by Crippen LogP contribution is 2.18. The summed E-state index contributed by atoms with van der Waals surface area (Å²) in [6.45, 7) is 8.18. The molecule has 114 valence electrons. The average Bonchev–Trinajstić information content (AvgIpc) is 2.85. The van der Waals surface area contributed by atoms with Gasteiger partial charge in [0.05, 0.1) is 24.5 Å². The van der Waals surface area contributed by atoms with Crippen LogP contribution >= 0.6 is 0 Å². The van der Waals surface area contributed by atoms with Crippen LogP contribution < -0.4 is 0 Å². The average molecular weight is 306 g/mol. The van der Waals surface area contributed by atoms with Crippen LogP contribution in [0, 0.1) is 0 Å². The highest BCUT2D eigenvalue weighted by Gasteiger charge is 2.14. The standard InChI is InChI=1S/C15H22N2O3Si/c1-19-15(18)12-6-5-7-13-14(12)16-10-17(13)11-20-8-9-21(2,3)4/h5-7,10H,8-9,11H2,1-4H3. The number of fused-ring (bicyclic) bond motifs is 1. The van der Waals surface area contributed by atoms with Crippen LogP contribution in [0.2, 0.25) is 25.7 Å². The first kappa shape index (κ1) is 15.7. The van der Waals surface area contributed by atoms with E-state index in [4.69, 9.17) is 9.47 Å². The summed E-state index contributed by atoms with van der Waals surface area (Å²) in [6.07, 6.45) is 1.70. The van der Waals surface area contributed by atoms with Crippen molar-refractivity contribution in [2.45, 2.75) is 32.4 Å². The number of methoxy groups -OCH3 is 1. The fourth-order valence-corrected chi connectivity index (χ4v) is 2.76. The third-order valence-corrected chi connectivity index (χ3v) is 4.99. The van der Waals surface area contributed by atoms with Crippen molar-refractivity contribution in [3.8, 4) is 0 Å². The van der Waals surface area contributed by atoms with E-state index in [-0.39, 0.29) is 5.97 Å². The number of nitrogens with zero attached hydrogens (tertiary/aromatic N) is 2. The molecule has 0 aliphatic carbocycles. The van der Waals surface area contributed by atoms with Crippen molar-refractivity contribution in [3.05, 3.63) is 30.1 Å². The van der Waals surface area contributed by atoms with Gasteiger partial charge in [-0.25, -0.2) is 9.78 Å². The summed E-state index contributed by atoms with van der Waals surface area (Å²) in [5.74, 6) is -0.370. The molecule has 1 aromatic heterocycles. The van der Waals surface area contributed by atoms with Crippen molar-refractivity contribution in [2.75, 3.05) is 13.7 Å².